The van der Waals surface area contributed by atoms with Crippen LogP contribution in [-0.4, -0.2) is 68.2 Å². The first kappa shape index (κ1) is 17.7. The lowest BCUT2D eigenvalue weighted by Gasteiger charge is -2.32. The summed E-state index contributed by atoms with van der Waals surface area (Å²) in [5.41, 5.74) is 0.601. The standard InChI is InChI=1S/C13H23N5O4S/c1-22-7-6-18-10-12(8-14-18)15-13(19)17-5-3-4-11(9-17)16-23(2,20)21/h8,10-11,16H,3-7,9H2,1-2H3,(H,15,19)/t11-/m1/s1. The van der Waals surface area contributed by atoms with Crippen molar-refractivity contribution in [3.05, 3.63) is 12.4 Å². The van der Waals surface area contributed by atoms with E-state index in [2.05, 4.69) is 15.1 Å². The zero-order valence-electron chi connectivity index (χ0n) is 13.4. The van der Waals surface area contributed by atoms with Gasteiger partial charge in [0, 0.05) is 32.4 Å². The Hall–Kier alpha value is -1.65. The number of anilines is 1. The largest absolute Gasteiger partial charge is 0.383 e. The molecule has 1 aromatic heterocycles. The molecule has 1 atom stereocenters. The van der Waals surface area contributed by atoms with E-state index in [4.69, 9.17) is 4.74 Å². The second kappa shape index (κ2) is 7.75. The van der Waals surface area contributed by atoms with Gasteiger partial charge in [-0.2, -0.15) is 5.10 Å². The molecule has 2 amide bonds. The summed E-state index contributed by atoms with van der Waals surface area (Å²) in [6.45, 7) is 2.11. The van der Waals surface area contributed by atoms with Gasteiger partial charge in [-0.15, -0.1) is 0 Å². The summed E-state index contributed by atoms with van der Waals surface area (Å²) in [5.74, 6) is 0. The third-order valence-corrected chi connectivity index (χ3v) is 4.26. The van der Waals surface area contributed by atoms with Crippen LogP contribution in [0, 0.1) is 0 Å². The number of likely N-dealkylation sites (tertiary alicyclic amines) is 1. The summed E-state index contributed by atoms with van der Waals surface area (Å²) in [7, 11) is -1.66. The van der Waals surface area contributed by atoms with Crippen LogP contribution < -0.4 is 10.0 Å². The van der Waals surface area contributed by atoms with Crippen LogP contribution >= 0.6 is 0 Å². The van der Waals surface area contributed by atoms with Crippen molar-refractivity contribution < 1.29 is 17.9 Å². The van der Waals surface area contributed by atoms with Gasteiger partial charge in [-0.05, 0) is 12.8 Å². The molecular formula is C13H23N5O4S. The highest BCUT2D eigenvalue weighted by molar-refractivity contribution is 7.88. The molecule has 0 aromatic carbocycles. The van der Waals surface area contributed by atoms with Gasteiger partial charge in [0.25, 0.3) is 0 Å². The average molecular weight is 345 g/mol. The minimum absolute atomic E-state index is 0.242. The number of rotatable bonds is 6. The molecule has 1 aromatic rings. The van der Waals surface area contributed by atoms with Crippen molar-refractivity contribution in [2.45, 2.75) is 25.4 Å². The smallest absolute Gasteiger partial charge is 0.321 e. The second-order valence-electron chi connectivity index (χ2n) is 5.59. The van der Waals surface area contributed by atoms with Crippen molar-refractivity contribution in [3.63, 3.8) is 0 Å². The van der Waals surface area contributed by atoms with Crippen molar-refractivity contribution in [3.8, 4) is 0 Å². The van der Waals surface area contributed by atoms with Gasteiger partial charge in [0.1, 0.15) is 0 Å². The van der Waals surface area contributed by atoms with Gasteiger partial charge in [0.05, 0.1) is 31.3 Å². The number of nitrogens with one attached hydrogen (secondary N) is 2. The number of piperidine rings is 1. The Bertz CT molecular complexity index is 630. The maximum Gasteiger partial charge on any atom is 0.321 e. The number of sulfonamides is 1. The molecule has 2 rings (SSSR count). The molecule has 23 heavy (non-hydrogen) atoms. The Balaban J connectivity index is 1.88. The van der Waals surface area contributed by atoms with Gasteiger partial charge < -0.3 is 15.0 Å². The number of aromatic nitrogens is 2. The lowest BCUT2D eigenvalue weighted by molar-refractivity contribution is 0.183. The van der Waals surface area contributed by atoms with E-state index in [0.29, 0.717) is 31.9 Å². The minimum Gasteiger partial charge on any atom is -0.383 e. The molecule has 1 aliphatic heterocycles. The quantitative estimate of drug-likeness (QED) is 0.759. The van der Waals surface area contributed by atoms with Gasteiger partial charge in [-0.25, -0.2) is 17.9 Å². The van der Waals surface area contributed by atoms with Crippen LogP contribution in [0.3, 0.4) is 0 Å². The van der Waals surface area contributed by atoms with Crippen LogP contribution in [0.1, 0.15) is 12.8 Å². The predicted molar refractivity (Wildman–Crippen MR) is 85.7 cm³/mol. The van der Waals surface area contributed by atoms with Crippen LogP contribution in [0.15, 0.2) is 12.4 Å². The number of hydrogen-bond acceptors (Lipinski definition) is 5. The van der Waals surface area contributed by atoms with Gasteiger partial charge in [0.15, 0.2) is 0 Å². The van der Waals surface area contributed by atoms with E-state index < -0.39 is 10.0 Å². The van der Waals surface area contributed by atoms with Crippen molar-refractivity contribution in [2.75, 3.05) is 38.4 Å². The van der Waals surface area contributed by atoms with E-state index in [-0.39, 0.29) is 12.1 Å². The van der Waals surface area contributed by atoms with E-state index in [9.17, 15) is 13.2 Å². The summed E-state index contributed by atoms with van der Waals surface area (Å²) in [6, 6.07) is -0.495. The number of urea groups is 1. The molecule has 10 heteroatoms. The van der Waals surface area contributed by atoms with Crippen molar-refractivity contribution in [2.24, 2.45) is 0 Å². The lowest BCUT2D eigenvalue weighted by Crippen LogP contribution is -2.50. The topological polar surface area (TPSA) is 106 Å². The molecule has 0 radical (unpaired) electrons. The van der Waals surface area contributed by atoms with Gasteiger partial charge in [-0.1, -0.05) is 0 Å². The Kier molecular flexibility index (Phi) is 5.97. The highest BCUT2D eigenvalue weighted by atomic mass is 32.2. The first-order valence-electron chi connectivity index (χ1n) is 7.42. The highest BCUT2D eigenvalue weighted by Crippen LogP contribution is 2.13. The molecule has 0 bridgehead atoms. The SMILES string of the molecule is COCCn1cc(NC(=O)N2CCC[C@@H](NS(C)(=O)=O)C2)cn1. The average Bonchev–Trinajstić information content (AvgIpc) is 2.91. The van der Waals surface area contributed by atoms with Crippen LogP contribution in [0.5, 0.6) is 0 Å². The van der Waals surface area contributed by atoms with E-state index in [0.717, 1.165) is 19.1 Å². The maximum atomic E-state index is 12.3. The third-order valence-electron chi connectivity index (χ3n) is 3.50. The summed E-state index contributed by atoms with van der Waals surface area (Å²) < 4.78 is 31.8. The van der Waals surface area contributed by atoms with Crippen molar-refractivity contribution in [1.29, 1.82) is 0 Å². The Morgan fingerprint density at radius 3 is 3.00 bits per heavy atom. The molecule has 2 heterocycles. The lowest BCUT2D eigenvalue weighted by atomic mass is 10.1. The highest BCUT2D eigenvalue weighted by Gasteiger charge is 2.25. The molecule has 130 valence electrons. The minimum atomic E-state index is -3.27. The summed E-state index contributed by atoms with van der Waals surface area (Å²) in [6.07, 6.45) is 5.91. The Labute approximate surface area is 136 Å². The molecule has 0 saturated carbocycles. The van der Waals surface area contributed by atoms with Crippen molar-refractivity contribution in [1.82, 2.24) is 19.4 Å². The van der Waals surface area contributed by atoms with Crippen LogP contribution in [0.4, 0.5) is 10.5 Å². The normalized spacial score (nSPS) is 18.9. The second-order valence-corrected chi connectivity index (χ2v) is 7.37. The zero-order valence-corrected chi connectivity index (χ0v) is 14.2. The van der Waals surface area contributed by atoms with Crippen LogP contribution in [0.2, 0.25) is 0 Å². The molecule has 0 unspecified atom stereocenters. The monoisotopic (exact) mass is 345 g/mol. The van der Waals surface area contributed by atoms with Gasteiger partial charge >= 0.3 is 6.03 Å². The number of carbonyl (C=O) groups excluding carboxylic acids is 1. The molecule has 9 nitrogen and oxygen atoms in total. The first-order chi connectivity index (χ1) is 10.9. The summed E-state index contributed by atoms with van der Waals surface area (Å²) in [4.78, 5) is 13.9. The maximum absolute atomic E-state index is 12.3. The van der Waals surface area contributed by atoms with Gasteiger partial charge in [0.2, 0.25) is 10.0 Å². The number of carbonyl (C=O) groups is 1. The summed E-state index contributed by atoms with van der Waals surface area (Å²) in [5, 5.41) is 6.90. The molecular weight excluding hydrogens is 322 g/mol. The van der Waals surface area contributed by atoms with Crippen LogP contribution in [0.25, 0.3) is 0 Å². The number of ether oxygens (including phenoxy) is 1. The summed E-state index contributed by atoms with van der Waals surface area (Å²) >= 11 is 0. The molecule has 1 aliphatic rings. The molecule has 1 fully saturated rings. The van der Waals surface area contributed by atoms with Crippen molar-refractivity contribution >= 4 is 21.7 Å². The molecule has 0 aliphatic carbocycles. The third kappa shape index (κ3) is 5.81. The number of methoxy groups -OCH3 is 1. The van der Waals surface area contributed by atoms with Gasteiger partial charge in [-0.3, -0.25) is 4.68 Å². The molecule has 2 N–H and O–H groups in total. The number of hydrogen-bond donors (Lipinski definition) is 2. The Morgan fingerprint density at radius 1 is 1.52 bits per heavy atom. The number of nitrogens with zero attached hydrogens (tertiary/aromatic N) is 3. The fourth-order valence-electron chi connectivity index (χ4n) is 2.50. The first-order valence-corrected chi connectivity index (χ1v) is 9.31. The number of amides is 2. The zero-order chi connectivity index (χ0) is 16.9. The molecule has 1 saturated heterocycles. The molecule has 0 spiro atoms. The predicted octanol–water partition coefficient (Wildman–Crippen LogP) is 0.0750. The van der Waals surface area contributed by atoms with E-state index in [1.165, 1.54) is 0 Å². The van der Waals surface area contributed by atoms with Crippen LogP contribution in [-0.2, 0) is 21.3 Å². The van der Waals surface area contributed by atoms with E-state index >= 15 is 0 Å². The fraction of sp³-hybridized carbons (Fsp3) is 0.692. The fourth-order valence-corrected chi connectivity index (χ4v) is 3.30. The Morgan fingerprint density at radius 2 is 2.30 bits per heavy atom. The van der Waals surface area contributed by atoms with E-state index in [1.54, 1.807) is 29.1 Å². The van der Waals surface area contributed by atoms with E-state index in [1.807, 2.05) is 0 Å².